The number of aromatic nitrogens is 4. The molecule has 2 aliphatic rings. The molecule has 6 rings (SSSR count). The lowest BCUT2D eigenvalue weighted by Gasteiger charge is -2.35. The van der Waals surface area contributed by atoms with Crippen molar-refractivity contribution >= 4 is 29.2 Å². The molecule has 1 amide bonds. The number of carbonyl (C=O) groups excluding carboxylic acids is 2. The third kappa shape index (κ3) is 5.18. The Kier molecular flexibility index (Phi) is 7.02. The number of hydrogen-bond acceptors (Lipinski definition) is 8. The number of amides is 1. The van der Waals surface area contributed by atoms with Gasteiger partial charge in [-0.25, -0.2) is 18.9 Å². The van der Waals surface area contributed by atoms with Crippen LogP contribution in [-0.2, 0) is 14.3 Å². The minimum absolute atomic E-state index is 0.0636. The number of anilines is 2. The molecule has 0 spiro atoms. The van der Waals surface area contributed by atoms with E-state index >= 15 is 0 Å². The Balaban J connectivity index is 1.21. The average molecular weight is 544 g/mol. The van der Waals surface area contributed by atoms with Gasteiger partial charge in [0, 0.05) is 39.6 Å². The molecule has 11 heteroatoms. The predicted molar refractivity (Wildman–Crippen MR) is 147 cm³/mol. The topological polar surface area (TPSA) is 96.2 Å². The summed E-state index contributed by atoms with van der Waals surface area (Å²) in [5, 5.41) is 4.95. The van der Waals surface area contributed by atoms with Crippen LogP contribution < -0.4 is 9.80 Å². The minimum atomic E-state index is -0.464. The zero-order valence-electron chi connectivity index (χ0n) is 22.2. The number of nitrogens with zero attached hydrogens (tertiary/aromatic N) is 7. The van der Waals surface area contributed by atoms with Crippen molar-refractivity contribution in [3.63, 3.8) is 0 Å². The number of hydrogen-bond donors (Lipinski definition) is 0. The summed E-state index contributed by atoms with van der Waals surface area (Å²) < 4.78 is 20.6. The number of halogens is 1. The van der Waals surface area contributed by atoms with E-state index in [2.05, 4.69) is 14.8 Å². The number of fused-ring (bicyclic) bond motifs is 1. The standard InChI is InChI=1S/C29H30FN7O3/c1-20(38)40-19-29(39)35-15-13-34(14-16-35)27-9-3-7-23(32-27)25-18-31-26-10-11-28(33-37(25)26)36-12-4-8-24(36)21-5-2-6-22(30)17-21/h2-3,5-7,9-11,17-18,24H,4,8,12-16,19H2,1H3/t24-/m1/s1. The molecule has 0 bridgehead atoms. The van der Waals surface area contributed by atoms with Gasteiger partial charge < -0.3 is 19.4 Å². The number of piperazine rings is 1. The molecule has 0 unspecified atom stereocenters. The first-order valence-electron chi connectivity index (χ1n) is 13.5. The molecule has 0 aliphatic carbocycles. The molecule has 1 aromatic carbocycles. The molecule has 3 aromatic heterocycles. The molecule has 0 radical (unpaired) electrons. The van der Waals surface area contributed by atoms with Crippen LogP contribution in [0.15, 0.2) is 60.8 Å². The fourth-order valence-corrected chi connectivity index (χ4v) is 5.47. The zero-order valence-corrected chi connectivity index (χ0v) is 22.2. The summed E-state index contributed by atoms with van der Waals surface area (Å²) in [6, 6.07) is 16.6. The summed E-state index contributed by atoms with van der Waals surface area (Å²) in [7, 11) is 0. The lowest BCUT2D eigenvalue weighted by molar-refractivity contribution is -0.150. The largest absolute Gasteiger partial charge is 0.456 e. The number of pyridine rings is 1. The van der Waals surface area contributed by atoms with Gasteiger partial charge in [-0.3, -0.25) is 9.59 Å². The summed E-state index contributed by atoms with van der Waals surface area (Å²) >= 11 is 0. The van der Waals surface area contributed by atoms with Crippen LogP contribution in [0.3, 0.4) is 0 Å². The van der Waals surface area contributed by atoms with Crippen molar-refractivity contribution in [3.8, 4) is 11.4 Å². The van der Waals surface area contributed by atoms with Gasteiger partial charge in [-0.15, -0.1) is 5.10 Å². The number of esters is 1. The first-order valence-corrected chi connectivity index (χ1v) is 13.5. The van der Waals surface area contributed by atoms with Gasteiger partial charge in [0.15, 0.2) is 12.3 Å². The maximum Gasteiger partial charge on any atom is 0.303 e. The SMILES string of the molecule is CC(=O)OCC(=O)N1CCN(c2cccc(-c3cnc4ccc(N5CCC[C@@H]5c5cccc(F)c5)nn34)n2)CC1. The molecule has 40 heavy (non-hydrogen) atoms. The lowest BCUT2D eigenvalue weighted by Crippen LogP contribution is -2.50. The molecule has 2 fully saturated rings. The third-order valence-electron chi connectivity index (χ3n) is 7.48. The second kappa shape index (κ2) is 10.9. The Morgan fingerprint density at radius 3 is 2.62 bits per heavy atom. The summed E-state index contributed by atoms with van der Waals surface area (Å²) in [5.74, 6) is 0.729. The zero-order chi connectivity index (χ0) is 27.6. The Morgan fingerprint density at radius 2 is 1.82 bits per heavy atom. The summed E-state index contributed by atoms with van der Waals surface area (Å²) in [5.41, 5.74) is 3.18. The highest BCUT2D eigenvalue weighted by atomic mass is 19.1. The van der Waals surface area contributed by atoms with E-state index in [4.69, 9.17) is 14.8 Å². The summed E-state index contributed by atoms with van der Waals surface area (Å²) in [4.78, 5) is 38.8. The number of ether oxygens (including phenoxy) is 1. The normalized spacial score (nSPS) is 17.4. The predicted octanol–water partition coefficient (Wildman–Crippen LogP) is 3.48. The Bertz CT molecular complexity index is 1550. The van der Waals surface area contributed by atoms with E-state index in [1.165, 1.54) is 13.0 Å². The van der Waals surface area contributed by atoms with Crippen molar-refractivity contribution in [2.75, 3.05) is 49.1 Å². The van der Waals surface area contributed by atoms with Gasteiger partial charge in [0.1, 0.15) is 23.1 Å². The van der Waals surface area contributed by atoms with Crippen LogP contribution in [0.4, 0.5) is 16.0 Å². The molecular formula is C29H30FN7O3. The number of imidazole rings is 1. The van der Waals surface area contributed by atoms with Gasteiger partial charge in [0.05, 0.1) is 17.9 Å². The van der Waals surface area contributed by atoms with E-state index in [1.807, 2.05) is 40.9 Å². The van der Waals surface area contributed by atoms with Crippen LogP contribution >= 0.6 is 0 Å². The van der Waals surface area contributed by atoms with Crippen LogP contribution in [0.5, 0.6) is 0 Å². The van der Waals surface area contributed by atoms with Gasteiger partial charge in [-0.1, -0.05) is 18.2 Å². The van der Waals surface area contributed by atoms with E-state index in [-0.39, 0.29) is 24.4 Å². The Morgan fingerprint density at radius 1 is 1.00 bits per heavy atom. The second-order valence-corrected chi connectivity index (χ2v) is 10.0. The monoisotopic (exact) mass is 543 g/mol. The van der Waals surface area contributed by atoms with Crippen LogP contribution in [-0.4, -0.2) is 75.7 Å². The molecule has 2 aliphatic heterocycles. The molecule has 0 saturated carbocycles. The van der Waals surface area contributed by atoms with Crippen LogP contribution in [0.25, 0.3) is 17.0 Å². The van der Waals surface area contributed by atoms with E-state index in [9.17, 15) is 14.0 Å². The van der Waals surface area contributed by atoms with Gasteiger partial charge in [0.25, 0.3) is 5.91 Å². The van der Waals surface area contributed by atoms with Crippen molar-refractivity contribution in [2.45, 2.75) is 25.8 Å². The van der Waals surface area contributed by atoms with Crippen molar-refractivity contribution in [1.29, 1.82) is 0 Å². The van der Waals surface area contributed by atoms with E-state index in [1.54, 1.807) is 23.2 Å². The quantitative estimate of drug-likeness (QED) is 0.341. The summed E-state index contributed by atoms with van der Waals surface area (Å²) in [6.07, 6.45) is 3.72. The highest BCUT2D eigenvalue weighted by Gasteiger charge is 2.28. The Hall–Kier alpha value is -4.54. The highest BCUT2D eigenvalue weighted by Crippen LogP contribution is 2.35. The molecular weight excluding hydrogens is 513 g/mol. The van der Waals surface area contributed by atoms with Crippen molar-refractivity contribution in [3.05, 3.63) is 72.2 Å². The molecule has 206 valence electrons. The Labute approximate surface area is 231 Å². The smallest absolute Gasteiger partial charge is 0.303 e. The van der Waals surface area contributed by atoms with Crippen LogP contribution in [0, 0.1) is 5.82 Å². The highest BCUT2D eigenvalue weighted by molar-refractivity contribution is 5.80. The van der Waals surface area contributed by atoms with Crippen LogP contribution in [0.1, 0.15) is 31.4 Å². The van der Waals surface area contributed by atoms with Crippen molar-refractivity contribution in [2.24, 2.45) is 0 Å². The number of rotatable bonds is 6. The van der Waals surface area contributed by atoms with Crippen molar-refractivity contribution < 1.29 is 18.7 Å². The second-order valence-electron chi connectivity index (χ2n) is 10.0. The molecule has 1 atom stereocenters. The van der Waals surface area contributed by atoms with Gasteiger partial charge in [0.2, 0.25) is 0 Å². The number of benzene rings is 1. The summed E-state index contributed by atoms with van der Waals surface area (Å²) in [6.45, 7) is 4.19. The van der Waals surface area contributed by atoms with Gasteiger partial charge in [-0.05, 0) is 54.8 Å². The maximum atomic E-state index is 13.9. The van der Waals surface area contributed by atoms with Crippen LogP contribution in [0.2, 0.25) is 0 Å². The van der Waals surface area contributed by atoms with E-state index in [0.717, 1.165) is 48.0 Å². The molecule has 2 saturated heterocycles. The van der Waals surface area contributed by atoms with Crippen molar-refractivity contribution in [1.82, 2.24) is 24.5 Å². The van der Waals surface area contributed by atoms with Gasteiger partial charge >= 0.3 is 5.97 Å². The molecule has 10 nitrogen and oxygen atoms in total. The molecule has 0 N–H and O–H groups in total. The molecule has 4 aromatic rings. The number of carbonyl (C=O) groups is 2. The third-order valence-corrected chi connectivity index (χ3v) is 7.48. The van der Waals surface area contributed by atoms with E-state index in [0.29, 0.717) is 31.8 Å². The minimum Gasteiger partial charge on any atom is -0.456 e. The fraction of sp³-hybridized carbons (Fsp3) is 0.345. The lowest BCUT2D eigenvalue weighted by atomic mass is 10.0. The average Bonchev–Trinajstić information content (AvgIpc) is 3.63. The fourth-order valence-electron chi connectivity index (χ4n) is 5.47. The van der Waals surface area contributed by atoms with E-state index < -0.39 is 5.97 Å². The van der Waals surface area contributed by atoms with Gasteiger partial charge in [-0.2, -0.15) is 0 Å². The molecule has 5 heterocycles. The maximum absolute atomic E-state index is 13.9. The first-order chi connectivity index (χ1) is 19.5. The first kappa shape index (κ1) is 25.7.